The van der Waals surface area contributed by atoms with Crippen LogP contribution in [-0.4, -0.2) is 34.4 Å². The predicted molar refractivity (Wildman–Crippen MR) is 110 cm³/mol. The van der Waals surface area contributed by atoms with Crippen molar-refractivity contribution in [1.29, 1.82) is 0 Å². The summed E-state index contributed by atoms with van der Waals surface area (Å²) in [5.74, 6) is -0.833. The van der Waals surface area contributed by atoms with Crippen LogP contribution in [0.25, 0.3) is 11.0 Å². The Morgan fingerprint density at radius 3 is 2.63 bits per heavy atom. The van der Waals surface area contributed by atoms with Gasteiger partial charge in [0.25, 0.3) is 5.91 Å². The highest BCUT2D eigenvalue weighted by Gasteiger charge is 2.21. The Hall–Kier alpha value is -3.62. The lowest BCUT2D eigenvalue weighted by Crippen LogP contribution is -2.32. The number of hydrogen-bond donors (Lipinski definition) is 1. The molecule has 158 valence electrons. The number of rotatable bonds is 6. The number of carbonyl (C=O) groups excluding carboxylic acids is 2. The average Bonchev–Trinajstić information content (AvgIpc) is 2.91. The number of nitrogens with zero attached hydrogens (tertiary/aromatic N) is 2. The zero-order valence-electron chi connectivity index (χ0n) is 17.4. The van der Waals surface area contributed by atoms with Crippen molar-refractivity contribution in [2.75, 3.05) is 11.9 Å². The lowest BCUT2D eigenvalue weighted by Gasteiger charge is -2.14. The Labute approximate surface area is 172 Å². The summed E-state index contributed by atoms with van der Waals surface area (Å²) in [5.41, 5.74) is 2.74. The van der Waals surface area contributed by atoms with Crippen LogP contribution in [-0.2, 0) is 21.4 Å². The van der Waals surface area contributed by atoms with Gasteiger partial charge >= 0.3 is 11.6 Å². The number of anilines is 1. The van der Waals surface area contributed by atoms with E-state index in [2.05, 4.69) is 10.4 Å². The minimum absolute atomic E-state index is 0.340. The van der Waals surface area contributed by atoms with Crippen LogP contribution in [0.15, 0.2) is 33.5 Å². The molecular weight excluding hydrogens is 390 g/mol. The standard InChI is InChI=1S/C21H23N3O6/c1-11-8-18(25)30-17-9-15(6-7-16(11)17)28-10-19(26)29-14(4)21(27)22-20-12(2)23-24(5)13(20)3/h6-9,14H,10H2,1-5H3,(H,22,27)/t14-/m1/s1. The van der Waals surface area contributed by atoms with E-state index in [1.807, 2.05) is 6.92 Å². The zero-order valence-corrected chi connectivity index (χ0v) is 17.4. The fraction of sp³-hybridized carbons (Fsp3) is 0.333. The van der Waals surface area contributed by atoms with Gasteiger partial charge in [-0.1, -0.05) is 0 Å². The number of hydrogen-bond acceptors (Lipinski definition) is 7. The first-order valence-electron chi connectivity index (χ1n) is 9.33. The molecule has 0 saturated heterocycles. The predicted octanol–water partition coefficient (Wildman–Crippen LogP) is 2.40. The molecule has 2 heterocycles. The number of fused-ring (bicyclic) bond motifs is 1. The van der Waals surface area contributed by atoms with Crippen LogP contribution in [0.3, 0.4) is 0 Å². The lowest BCUT2D eigenvalue weighted by molar-refractivity contribution is -0.155. The number of aryl methyl sites for hydroxylation is 3. The van der Waals surface area contributed by atoms with Crippen molar-refractivity contribution in [2.45, 2.75) is 33.8 Å². The van der Waals surface area contributed by atoms with Crippen LogP contribution < -0.4 is 15.7 Å². The molecule has 2 aromatic heterocycles. The highest BCUT2D eigenvalue weighted by molar-refractivity contribution is 5.96. The number of aromatic nitrogens is 2. The van der Waals surface area contributed by atoms with Crippen LogP contribution in [0.5, 0.6) is 5.75 Å². The first-order valence-corrected chi connectivity index (χ1v) is 9.33. The van der Waals surface area contributed by atoms with Crippen molar-refractivity contribution in [3.05, 3.63) is 51.6 Å². The Bertz CT molecular complexity index is 1180. The fourth-order valence-corrected chi connectivity index (χ4v) is 3.00. The normalized spacial score (nSPS) is 11.9. The summed E-state index contributed by atoms with van der Waals surface area (Å²) in [6.07, 6.45) is -1.02. The van der Waals surface area contributed by atoms with Crippen molar-refractivity contribution >= 4 is 28.5 Å². The summed E-state index contributed by atoms with van der Waals surface area (Å²) in [7, 11) is 1.78. The molecule has 1 aromatic carbocycles. The van der Waals surface area contributed by atoms with Crippen molar-refractivity contribution in [1.82, 2.24) is 9.78 Å². The number of esters is 1. The van der Waals surface area contributed by atoms with E-state index in [0.29, 0.717) is 22.7 Å². The van der Waals surface area contributed by atoms with Gasteiger partial charge in [0.1, 0.15) is 11.3 Å². The van der Waals surface area contributed by atoms with Crippen LogP contribution in [0, 0.1) is 20.8 Å². The first kappa shape index (κ1) is 21.1. The second kappa shape index (κ2) is 8.40. The van der Waals surface area contributed by atoms with Gasteiger partial charge in [-0.2, -0.15) is 5.10 Å². The third-order valence-electron chi connectivity index (χ3n) is 4.71. The molecule has 1 amide bonds. The third-order valence-corrected chi connectivity index (χ3v) is 4.71. The SMILES string of the molecule is Cc1nn(C)c(C)c1NC(=O)[C@@H](C)OC(=O)COc1ccc2c(C)cc(=O)oc2c1. The van der Waals surface area contributed by atoms with Crippen LogP contribution in [0.1, 0.15) is 23.9 Å². The molecule has 9 heteroatoms. The summed E-state index contributed by atoms with van der Waals surface area (Å²) in [6.45, 7) is 6.48. The Balaban J connectivity index is 1.58. The molecule has 0 aliphatic heterocycles. The van der Waals surface area contributed by atoms with Crippen LogP contribution in [0.4, 0.5) is 5.69 Å². The number of amides is 1. The second-order valence-electron chi connectivity index (χ2n) is 6.99. The zero-order chi connectivity index (χ0) is 22.0. The third kappa shape index (κ3) is 4.51. The fourth-order valence-electron chi connectivity index (χ4n) is 3.00. The number of benzene rings is 1. The summed E-state index contributed by atoms with van der Waals surface area (Å²) < 4.78 is 17.4. The largest absolute Gasteiger partial charge is 0.482 e. The number of nitrogens with one attached hydrogen (secondary N) is 1. The highest BCUT2D eigenvalue weighted by Crippen LogP contribution is 2.22. The minimum Gasteiger partial charge on any atom is -0.482 e. The maximum atomic E-state index is 12.3. The van der Waals surface area contributed by atoms with Crippen molar-refractivity contribution in [3.63, 3.8) is 0 Å². The van der Waals surface area contributed by atoms with Gasteiger partial charge < -0.3 is 19.2 Å². The molecule has 0 spiro atoms. The Morgan fingerprint density at radius 2 is 1.97 bits per heavy atom. The van der Waals surface area contributed by atoms with Crippen LogP contribution in [0.2, 0.25) is 0 Å². The van der Waals surface area contributed by atoms with E-state index in [-0.39, 0.29) is 0 Å². The van der Waals surface area contributed by atoms with Gasteiger partial charge in [0, 0.05) is 24.6 Å². The highest BCUT2D eigenvalue weighted by atomic mass is 16.6. The van der Waals surface area contributed by atoms with Crippen molar-refractivity contribution in [2.24, 2.45) is 7.05 Å². The van der Waals surface area contributed by atoms with Crippen LogP contribution >= 0.6 is 0 Å². The van der Waals surface area contributed by atoms with Gasteiger partial charge in [0.2, 0.25) is 0 Å². The molecule has 0 fully saturated rings. The summed E-state index contributed by atoms with van der Waals surface area (Å²) >= 11 is 0. The molecular formula is C21H23N3O6. The van der Waals surface area contributed by atoms with E-state index in [1.54, 1.807) is 37.7 Å². The molecule has 0 bridgehead atoms. The number of ether oxygens (including phenoxy) is 2. The Kier molecular flexibility index (Phi) is 5.91. The molecule has 3 rings (SSSR count). The summed E-state index contributed by atoms with van der Waals surface area (Å²) in [4.78, 5) is 35.9. The topological polar surface area (TPSA) is 113 Å². The van der Waals surface area contributed by atoms with E-state index in [1.165, 1.54) is 19.1 Å². The molecule has 0 saturated carbocycles. The van der Waals surface area contributed by atoms with Gasteiger partial charge in [-0.25, -0.2) is 9.59 Å². The van der Waals surface area contributed by atoms with E-state index in [0.717, 1.165) is 16.6 Å². The maximum Gasteiger partial charge on any atom is 0.344 e. The average molecular weight is 413 g/mol. The summed E-state index contributed by atoms with van der Waals surface area (Å²) in [5, 5.41) is 7.73. The monoisotopic (exact) mass is 413 g/mol. The Morgan fingerprint density at radius 1 is 1.23 bits per heavy atom. The smallest absolute Gasteiger partial charge is 0.344 e. The summed E-state index contributed by atoms with van der Waals surface area (Å²) in [6, 6.07) is 6.33. The van der Waals surface area contributed by atoms with E-state index in [4.69, 9.17) is 13.9 Å². The lowest BCUT2D eigenvalue weighted by atomic mass is 10.1. The molecule has 9 nitrogen and oxygen atoms in total. The van der Waals surface area contributed by atoms with Crippen molar-refractivity contribution < 1.29 is 23.5 Å². The quantitative estimate of drug-likeness (QED) is 0.488. The van der Waals surface area contributed by atoms with E-state index in [9.17, 15) is 14.4 Å². The molecule has 1 atom stereocenters. The van der Waals surface area contributed by atoms with Gasteiger partial charge in [-0.05, 0) is 45.4 Å². The minimum atomic E-state index is -1.02. The second-order valence-corrected chi connectivity index (χ2v) is 6.99. The molecule has 0 aliphatic rings. The molecule has 0 radical (unpaired) electrons. The molecule has 3 aromatic rings. The molecule has 0 unspecified atom stereocenters. The first-order chi connectivity index (χ1) is 14.2. The van der Waals surface area contributed by atoms with Gasteiger partial charge in [0.05, 0.1) is 17.1 Å². The van der Waals surface area contributed by atoms with E-state index >= 15 is 0 Å². The van der Waals surface area contributed by atoms with Crippen molar-refractivity contribution in [3.8, 4) is 5.75 Å². The van der Waals surface area contributed by atoms with E-state index < -0.39 is 30.2 Å². The van der Waals surface area contributed by atoms with Gasteiger partial charge in [0.15, 0.2) is 12.7 Å². The molecule has 30 heavy (non-hydrogen) atoms. The number of carbonyl (C=O) groups is 2. The molecule has 0 aliphatic carbocycles. The van der Waals surface area contributed by atoms with Gasteiger partial charge in [-0.15, -0.1) is 0 Å². The maximum absolute atomic E-state index is 12.3. The molecule has 1 N–H and O–H groups in total. The van der Waals surface area contributed by atoms with Gasteiger partial charge in [-0.3, -0.25) is 9.48 Å².